The summed E-state index contributed by atoms with van der Waals surface area (Å²) in [5, 5.41) is 8.69. The Bertz CT molecular complexity index is 714. The first-order valence-corrected chi connectivity index (χ1v) is 8.11. The van der Waals surface area contributed by atoms with Gasteiger partial charge in [0.2, 0.25) is 10.0 Å². The van der Waals surface area contributed by atoms with Crippen molar-refractivity contribution in [1.82, 2.24) is 4.72 Å². The minimum absolute atomic E-state index is 0.0183. The summed E-state index contributed by atoms with van der Waals surface area (Å²) in [5.74, 6) is -3.21. The molecule has 0 aromatic heterocycles. The molecule has 0 saturated heterocycles. The highest BCUT2D eigenvalue weighted by Gasteiger charge is 2.31. The van der Waals surface area contributed by atoms with Gasteiger partial charge in [0.05, 0.1) is 12.0 Å². The monoisotopic (exact) mass is 347 g/mol. The molecule has 0 aliphatic rings. The highest BCUT2D eigenvalue weighted by Crippen LogP contribution is 2.23. The number of methoxy groups -OCH3 is 1. The fourth-order valence-corrected chi connectivity index (χ4v) is 3.56. The second-order valence-corrected chi connectivity index (χ2v) is 7.14. The van der Waals surface area contributed by atoms with Crippen LogP contribution in [0.15, 0.2) is 23.1 Å². The molecule has 128 valence electrons. The molecular formula is C14H18FNO6S. The Morgan fingerprint density at radius 2 is 1.96 bits per heavy atom. The Balaban J connectivity index is 3.22. The normalized spacial score (nSPS) is 12.0. The molecule has 23 heavy (non-hydrogen) atoms. The van der Waals surface area contributed by atoms with E-state index in [1.807, 2.05) is 0 Å². The highest BCUT2D eigenvalue weighted by molar-refractivity contribution is 7.89. The lowest BCUT2D eigenvalue weighted by atomic mass is 10.0. The summed E-state index contributed by atoms with van der Waals surface area (Å²) in [4.78, 5) is 21.7. The number of carbonyl (C=O) groups excluding carboxylic acids is 1. The van der Waals surface area contributed by atoms with Crippen LogP contribution in [0.1, 0.15) is 37.0 Å². The largest absolute Gasteiger partial charge is 0.481 e. The van der Waals surface area contributed by atoms with Crippen LogP contribution in [0.3, 0.4) is 0 Å². The van der Waals surface area contributed by atoms with Crippen LogP contribution in [0.5, 0.6) is 0 Å². The summed E-state index contributed by atoms with van der Waals surface area (Å²) in [7, 11) is -3.25. The van der Waals surface area contributed by atoms with Gasteiger partial charge in [-0.05, 0) is 32.4 Å². The molecule has 0 radical (unpaired) electrons. The average Bonchev–Trinajstić information content (AvgIpc) is 2.43. The van der Waals surface area contributed by atoms with Gasteiger partial charge < -0.3 is 9.84 Å². The Labute approximate surface area is 133 Å². The second kappa shape index (κ2) is 7.05. The number of sulfonamides is 1. The van der Waals surface area contributed by atoms with Gasteiger partial charge in [-0.1, -0.05) is 6.07 Å². The minimum Gasteiger partial charge on any atom is -0.481 e. The Morgan fingerprint density at radius 3 is 2.48 bits per heavy atom. The van der Waals surface area contributed by atoms with E-state index in [0.717, 1.165) is 25.3 Å². The molecule has 1 aromatic carbocycles. The van der Waals surface area contributed by atoms with E-state index < -0.39 is 43.8 Å². The van der Waals surface area contributed by atoms with Gasteiger partial charge in [0, 0.05) is 12.0 Å². The Morgan fingerprint density at radius 1 is 1.35 bits per heavy atom. The Hall–Kier alpha value is -2.00. The van der Waals surface area contributed by atoms with Gasteiger partial charge >= 0.3 is 11.9 Å². The molecule has 0 aliphatic carbocycles. The van der Waals surface area contributed by atoms with Crippen molar-refractivity contribution in [2.24, 2.45) is 0 Å². The second-order valence-electron chi connectivity index (χ2n) is 5.49. The lowest BCUT2D eigenvalue weighted by Crippen LogP contribution is -2.44. The van der Waals surface area contributed by atoms with Gasteiger partial charge in [-0.25, -0.2) is 22.3 Å². The smallest absolute Gasteiger partial charge is 0.342 e. The maximum absolute atomic E-state index is 13.8. The molecule has 9 heteroatoms. The predicted octanol–water partition coefficient (Wildman–Crippen LogP) is 1.53. The molecule has 0 fully saturated rings. The summed E-state index contributed by atoms with van der Waals surface area (Å²) >= 11 is 0. The number of carboxylic acid groups (broad SMARTS) is 1. The van der Waals surface area contributed by atoms with E-state index in [9.17, 15) is 22.4 Å². The van der Waals surface area contributed by atoms with Crippen molar-refractivity contribution < 1.29 is 32.2 Å². The molecular weight excluding hydrogens is 329 g/mol. The van der Waals surface area contributed by atoms with Crippen LogP contribution < -0.4 is 4.72 Å². The average molecular weight is 347 g/mol. The molecule has 1 rings (SSSR count). The van der Waals surface area contributed by atoms with Gasteiger partial charge in [-0.15, -0.1) is 0 Å². The van der Waals surface area contributed by atoms with Crippen LogP contribution in [-0.4, -0.2) is 38.1 Å². The van der Waals surface area contributed by atoms with E-state index in [2.05, 4.69) is 9.46 Å². The molecule has 0 heterocycles. The van der Waals surface area contributed by atoms with Crippen LogP contribution in [0.4, 0.5) is 4.39 Å². The first kappa shape index (κ1) is 19.0. The van der Waals surface area contributed by atoms with Crippen molar-refractivity contribution in [3.63, 3.8) is 0 Å². The Kier molecular flexibility index (Phi) is 5.84. The van der Waals surface area contributed by atoms with Gasteiger partial charge in [0.25, 0.3) is 0 Å². The molecule has 2 N–H and O–H groups in total. The molecule has 1 aromatic rings. The van der Waals surface area contributed by atoms with Crippen LogP contribution >= 0.6 is 0 Å². The van der Waals surface area contributed by atoms with Crippen LogP contribution in [0, 0.1) is 5.82 Å². The topological polar surface area (TPSA) is 110 Å². The van der Waals surface area contributed by atoms with E-state index in [-0.39, 0.29) is 12.8 Å². The number of hydrogen-bond donors (Lipinski definition) is 2. The van der Waals surface area contributed by atoms with E-state index >= 15 is 0 Å². The van der Waals surface area contributed by atoms with Gasteiger partial charge in [-0.2, -0.15) is 0 Å². The molecule has 0 aliphatic heterocycles. The zero-order valence-electron chi connectivity index (χ0n) is 12.9. The van der Waals surface area contributed by atoms with E-state index in [0.29, 0.717) is 0 Å². The number of rotatable bonds is 7. The number of halogens is 1. The maximum Gasteiger partial charge on any atom is 0.342 e. The van der Waals surface area contributed by atoms with Crippen molar-refractivity contribution in [1.29, 1.82) is 0 Å². The summed E-state index contributed by atoms with van der Waals surface area (Å²) in [6, 6.07) is 3.17. The quantitative estimate of drug-likeness (QED) is 0.724. The van der Waals surface area contributed by atoms with Crippen molar-refractivity contribution in [3.8, 4) is 0 Å². The van der Waals surface area contributed by atoms with Gasteiger partial charge in [0.15, 0.2) is 0 Å². The number of esters is 1. The SMILES string of the molecule is COC(=O)c1c(F)cccc1S(=O)(=O)NC(C)(C)CCC(=O)O. The first-order chi connectivity index (χ1) is 10.5. The molecule has 0 spiro atoms. The summed E-state index contributed by atoms with van der Waals surface area (Å²) in [6.07, 6.45) is -0.229. The minimum atomic E-state index is -4.26. The van der Waals surface area contributed by atoms with Crippen molar-refractivity contribution >= 4 is 22.0 Å². The summed E-state index contributed by atoms with van der Waals surface area (Å²) in [5.41, 5.74) is -1.80. The number of aliphatic carboxylic acids is 1. The third kappa shape index (κ3) is 5.00. The zero-order chi connectivity index (χ0) is 17.8. The fraction of sp³-hybridized carbons (Fsp3) is 0.429. The number of benzene rings is 1. The van der Waals surface area contributed by atoms with Crippen molar-refractivity contribution in [2.75, 3.05) is 7.11 Å². The van der Waals surface area contributed by atoms with E-state index in [1.165, 1.54) is 13.8 Å². The van der Waals surface area contributed by atoms with Crippen molar-refractivity contribution in [2.45, 2.75) is 37.1 Å². The van der Waals surface area contributed by atoms with Gasteiger partial charge in [0.1, 0.15) is 11.4 Å². The lowest BCUT2D eigenvalue weighted by molar-refractivity contribution is -0.137. The number of carbonyl (C=O) groups is 2. The standard InChI is InChI=1S/C14H18FNO6S/c1-14(2,8-7-11(17)18)16-23(20,21)10-6-4-5-9(15)12(10)13(19)22-3/h4-6,16H,7-8H2,1-3H3,(H,17,18). The molecule has 7 nitrogen and oxygen atoms in total. The van der Waals surface area contributed by atoms with E-state index in [4.69, 9.17) is 5.11 Å². The molecule has 0 amide bonds. The highest BCUT2D eigenvalue weighted by atomic mass is 32.2. The summed E-state index contributed by atoms with van der Waals surface area (Å²) in [6.45, 7) is 2.98. The molecule has 0 atom stereocenters. The molecule has 0 bridgehead atoms. The van der Waals surface area contributed by atoms with Crippen LogP contribution in [0.25, 0.3) is 0 Å². The van der Waals surface area contributed by atoms with Gasteiger partial charge in [-0.3, -0.25) is 4.79 Å². The van der Waals surface area contributed by atoms with E-state index in [1.54, 1.807) is 0 Å². The number of nitrogens with one attached hydrogen (secondary N) is 1. The fourth-order valence-electron chi connectivity index (χ4n) is 1.92. The third-order valence-electron chi connectivity index (χ3n) is 3.03. The molecule has 0 unspecified atom stereocenters. The third-order valence-corrected chi connectivity index (χ3v) is 4.77. The van der Waals surface area contributed by atoms with Crippen LogP contribution in [0.2, 0.25) is 0 Å². The number of ether oxygens (including phenoxy) is 1. The maximum atomic E-state index is 13.8. The van der Waals surface area contributed by atoms with Crippen molar-refractivity contribution in [3.05, 3.63) is 29.6 Å². The van der Waals surface area contributed by atoms with Crippen LogP contribution in [-0.2, 0) is 19.6 Å². The lowest BCUT2D eigenvalue weighted by Gasteiger charge is -2.25. The molecule has 0 saturated carbocycles. The summed E-state index contributed by atoms with van der Waals surface area (Å²) < 4.78 is 45.4. The first-order valence-electron chi connectivity index (χ1n) is 6.63. The predicted molar refractivity (Wildman–Crippen MR) is 79.0 cm³/mol. The number of hydrogen-bond acceptors (Lipinski definition) is 5. The zero-order valence-corrected chi connectivity index (χ0v) is 13.7. The number of carboxylic acids is 1.